The van der Waals surface area contributed by atoms with Crippen molar-refractivity contribution in [3.8, 4) is 0 Å². The topological polar surface area (TPSA) is 95.5 Å². The van der Waals surface area contributed by atoms with E-state index in [4.69, 9.17) is 5.11 Å². The first kappa shape index (κ1) is 19.4. The van der Waals surface area contributed by atoms with Crippen LogP contribution in [0.5, 0.6) is 0 Å². The van der Waals surface area contributed by atoms with E-state index >= 15 is 0 Å². The summed E-state index contributed by atoms with van der Waals surface area (Å²) in [5.41, 5.74) is 0.735. The highest BCUT2D eigenvalue weighted by Gasteiger charge is 2.07. The number of rotatable bonds is 10. The van der Waals surface area contributed by atoms with E-state index in [-0.39, 0.29) is 12.4 Å². The first-order valence-corrected chi connectivity index (χ1v) is 7.64. The third-order valence-corrected chi connectivity index (χ3v) is 3.60. The quantitative estimate of drug-likeness (QED) is 0.247. The standard InChI is InChI=1S/C14H22N2O4S/c1-11(6-7-12(2)19)13(16-14(20)15-10-18)21-9-5-3-4-8-17/h6-7,10,17H,3-5,8-9H2,1-2H3,(H2,15,16,18,20)/b7-6+,13-11-. The molecule has 0 bridgehead atoms. The number of aliphatic hydroxyl groups is 1. The van der Waals surface area contributed by atoms with Gasteiger partial charge in [-0.05, 0) is 44.1 Å². The van der Waals surface area contributed by atoms with Crippen LogP contribution in [0.25, 0.3) is 0 Å². The highest BCUT2D eigenvalue weighted by molar-refractivity contribution is 8.03. The normalized spacial score (nSPS) is 12.0. The Hall–Kier alpha value is -1.60. The highest BCUT2D eigenvalue weighted by atomic mass is 32.2. The lowest BCUT2D eigenvalue weighted by Crippen LogP contribution is -2.33. The Morgan fingerprint density at radius 3 is 2.43 bits per heavy atom. The number of aliphatic hydroxyl groups excluding tert-OH is 1. The van der Waals surface area contributed by atoms with E-state index in [1.807, 2.05) is 5.32 Å². The number of unbranched alkanes of at least 4 members (excludes halogenated alkanes) is 2. The molecule has 0 saturated heterocycles. The molecule has 0 aromatic carbocycles. The maximum atomic E-state index is 11.4. The van der Waals surface area contributed by atoms with Crippen LogP contribution in [0.1, 0.15) is 33.1 Å². The van der Waals surface area contributed by atoms with Gasteiger partial charge in [0.05, 0.1) is 5.03 Å². The van der Waals surface area contributed by atoms with Gasteiger partial charge in [-0.1, -0.05) is 12.5 Å². The van der Waals surface area contributed by atoms with Gasteiger partial charge in [0.15, 0.2) is 5.78 Å². The van der Waals surface area contributed by atoms with Crippen molar-refractivity contribution in [1.82, 2.24) is 10.6 Å². The van der Waals surface area contributed by atoms with Crippen molar-refractivity contribution in [3.05, 3.63) is 22.8 Å². The summed E-state index contributed by atoms with van der Waals surface area (Å²) < 4.78 is 0. The van der Waals surface area contributed by atoms with E-state index in [9.17, 15) is 14.4 Å². The molecule has 118 valence electrons. The van der Waals surface area contributed by atoms with Gasteiger partial charge in [0.25, 0.3) is 0 Å². The largest absolute Gasteiger partial charge is 0.396 e. The molecule has 3 amide bonds. The first-order valence-electron chi connectivity index (χ1n) is 6.65. The van der Waals surface area contributed by atoms with E-state index in [1.165, 1.54) is 24.8 Å². The van der Waals surface area contributed by atoms with Crippen LogP contribution in [0.3, 0.4) is 0 Å². The molecule has 0 atom stereocenters. The molecular weight excluding hydrogens is 292 g/mol. The molecule has 7 heteroatoms. The molecule has 0 unspecified atom stereocenters. The summed E-state index contributed by atoms with van der Waals surface area (Å²) in [6, 6.07) is -0.613. The van der Waals surface area contributed by atoms with Gasteiger partial charge in [0.1, 0.15) is 0 Å². The summed E-state index contributed by atoms with van der Waals surface area (Å²) in [5.74, 6) is 0.682. The van der Waals surface area contributed by atoms with E-state index in [2.05, 4.69) is 5.32 Å². The Bertz CT molecular complexity index is 419. The van der Waals surface area contributed by atoms with Crippen molar-refractivity contribution < 1.29 is 19.5 Å². The molecule has 0 aliphatic heterocycles. The van der Waals surface area contributed by atoms with E-state index < -0.39 is 6.03 Å². The monoisotopic (exact) mass is 314 g/mol. The van der Waals surface area contributed by atoms with Crippen molar-refractivity contribution >= 4 is 30.0 Å². The predicted octanol–water partition coefficient (Wildman–Crippen LogP) is 1.71. The lowest BCUT2D eigenvalue weighted by atomic mass is 10.2. The number of allylic oxidation sites excluding steroid dienone is 3. The third-order valence-electron chi connectivity index (χ3n) is 2.39. The molecule has 21 heavy (non-hydrogen) atoms. The van der Waals surface area contributed by atoms with Gasteiger partial charge in [-0.15, -0.1) is 11.8 Å². The lowest BCUT2D eigenvalue weighted by molar-refractivity contribution is -0.112. The molecule has 0 fully saturated rings. The summed E-state index contributed by atoms with van der Waals surface area (Å²) >= 11 is 1.43. The van der Waals surface area contributed by atoms with Gasteiger partial charge in [-0.25, -0.2) is 4.79 Å². The van der Waals surface area contributed by atoms with Gasteiger partial charge >= 0.3 is 6.03 Å². The molecule has 0 aromatic rings. The number of nitrogens with one attached hydrogen (secondary N) is 2. The molecule has 0 aliphatic rings. The number of hydrogen-bond donors (Lipinski definition) is 3. The minimum absolute atomic E-state index is 0.0843. The number of urea groups is 1. The van der Waals surface area contributed by atoms with Crippen molar-refractivity contribution in [2.45, 2.75) is 33.1 Å². The van der Waals surface area contributed by atoms with Crippen molar-refractivity contribution in [3.63, 3.8) is 0 Å². The predicted molar refractivity (Wildman–Crippen MR) is 83.6 cm³/mol. The van der Waals surface area contributed by atoms with Crippen LogP contribution in [0, 0.1) is 0 Å². The summed E-state index contributed by atoms with van der Waals surface area (Å²) in [7, 11) is 0. The third kappa shape index (κ3) is 10.8. The fraction of sp³-hybridized carbons (Fsp3) is 0.500. The van der Waals surface area contributed by atoms with E-state index in [1.54, 1.807) is 13.0 Å². The second kappa shape index (κ2) is 12.2. The zero-order chi connectivity index (χ0) is 16.1. The molecule has 0 radical (unpaired) electrons. The summed E-state index contributed by atoms with van der Waals surface area (Å²) in [5, 5.41) is 13.9. The van der Waals surface area contributed by atoms with Crippen molar-refractivity contribution in [2.24, 2.45) is 0 Å². The second-order valence-electron chi connectivity index (χ2n) is 4.31. The van der Waals surface area contributed by atoms with Gasteiger partial charge in [-0.3, -0.25) is 14.9 Å². The highest BCUT2D eigenvalue weighted by Crippen LogP contribution is 2.20. The SMILES string of the molecule is CC(=O)/C=C/C(C)=C(/NC(=O)NC=O)SCCCCCO. The maximum Gasteiger partial charge on any atom is 0.326 e. The summed E-state index contributed by atoms with van der Waals surface area (Å²) in [6.45, 7) is 3.39. The molecule has 0 saturated carbocycles. The first-order chi connectivity index (χ1) is 10.0. The maximum absolute atomic E-state index is 11.4. The smallest absolute Gasteiger partial charge is 0.326 e. The molecular formula is C14H22N2O4S. The fourth-order valence-electron chi connectivity index (χ4n) is 1.32. The zero-order valence-electron chi connectivity index (χ0n) is 12.3. The molecule has 0 heterocycles. The molecule has 3 N–H and O–H groups in total. The Balaban J connectivity index is 4.66. The minimum Gasteiger partial charge on any atom is -0.396 e. The number of hydrogen-bond acceptors (Lipinski definition) is 5. The number of thioether (sulfide) groups is 1. The molecule has 0 aromatic heterocycles. The molecule has 0 rings (SSSR count). The van der Waals surface area contributed by atoms with Gasteiger partial charge in [0, 0.05) is 6.61 Å². The lowest BCUT2D eigenvalue weighted by Gasteiger charge is -2.11. The summed E-state index contributed by atoms with van der Waals surface area (Å²) in [4.78, 5) is 32.6. The van der Waals surface area contributed by atoms with Crippen LogP contribution in [-0.2, 0) is 9.59 Å². The van der Waals surface area contributed by atoms with Crippen molar-refractivity contribution in [1.29, 1.82) is 0 Å². The van der Waals surface area contributed by atoms with Gasteiger partial charge in [0.2, 0.25) is 6.41 Å². The Labute approximate surface area is 129 Å². The van der Waals surface area contributed by atoms with Crippen molar-refractivity contribution in [2.75, 3.05) is 12.4 Å². The number of carbonyl (C=O) groups is 3. The van der Waals surface area contributed by atoms with Crippen LogP contribution in [0.2, 0.25) is 0 Å². The number of ketones is 1. The van der Waals surface area contributed by atoms with Crippen LogP contribution in [0.4, 0.5) is 4.79 Å². The van der Waals surface area contributed by atoms with Crippen LogP contribution in [-0.4, -0.2) is 35.7 Å². The average molecular weight is 314 g/mol. The fourth-order valence-corrected chi connectivity index (χ4v) is 2.34. The van der Waals surface area contributed by atoms with Gasteiger partial charge < -0.3 is 10.4 Å². The van der Waals surface area contributed by atoms with Gasteiger partial charge in [-0.2, -0.15) is 0 Å². The average Bonchev–Trinajstić information content (AvgIpc) is 2.43. The Morgan fingerprint density at radius 2 is 1.86 bits per heavy atom. The van der Waals surface area contributed by atoms with E-state index in [0.29, 0.717) is 11.4 Å². The molecule has 6 nitrogen and oxygen atoms in total. The minimum atomic E-state index is -0.613. The number of imide groups is 1. The Morgan fingerprint density at radius 1 is 1.14 bits per heavy atom. The second-order valence-corrected chi connectivity index (χ2v) is 5.41. The number of amides is 3. The number of carbonyl (C=O) groups excluding carboxylic acids is 3. The summed E-state index contributed by atoms with van der Waals surface area (Å²) in [6.07, 6.45) is 5.90. The molecule has 0 aliphatic carbocycles. The molecule has 0 spiro atoms. The Kier molecular flexibility index (Phi) is 11.2. The van der Waals surface area contributed by atoms with Crippen LogP contribution < -0.4 is 10.6 Å². The zero-order valence-corrected chi connectivity index (χ0v) is 13.2. The van der Waals surface area contributed by atoms with Crippen LogP contribution in [0.15, 0.2) is 22.8 Å². The van der Waals surface area contributed by atoms with E-state index in [0.717, 1.165) is 30.6 Å². The van der Waals surface area contributed by atoms with Crippen LogP contribution >= 0.6 is 11.8 Å².